The highest BCUT2D eigenvalue weighted by molar-refractivity contribution is 6.05. The van der Waals surface area contributed by atoms with E-state index in [-0.39, 0.29) is 29.6 Å². The highest BCUT2D eigenvalue weighted by atomic mass is 19.1. The molecule has 0 aliphatic carbocycles. The minimum absolute atomic E-state index is 0.0376. The minimum Gasteiger partial charge on any atom is -0.382 e. The van der Waals surface area contributed by atoms with Crippen LogP contribution in [0, 0.1) is 17.5 Å². The van der Waals surface area contributed by atoms with Gasteiger partial charge in [0.1, 0.15) is 17.5 Å². The molecule has 2 aromatic carbocycles. The molecule has 1 amide bonds. The molecule has 3 N–H and O–H groups in total. The summed E-state index contributed by atoms with van der Waals surface area (Å²) < 4.78 is 40.6. The maximum atomic E-state index is 13.6. The SMILES string of the molecule is Nc1c(C(=O)Nc2ccc(F)cc2F)nnn1Cc1ccc(F)cc1. The molecule has 0 fully saturated rings. The Hall–Kier alpha value is -3.36. The minimum atomic E-state index is -0.925. The molecule has 0 aliphatic rings. The molecule has 0 saturated carbocycles. The normalized spacial score (nSPS) is 10.7. The van der Waals surface area contributed by atoms with Crippen LogP contribution in [0.5, 0.6) is 0 Å². The molecule has 9 heteroatoms. The highest BCUT2D eigenvalue weighted by Gasteiger charge is 2.19. The average Bonchev–Trinajstić information content (AvgIpc) is 2.93. The Kier molecular flexibility index (Phi) is 4.38. The summed E-state index contributed by atoms with van der Waals surface area (Å²) in [6.45, 7) is 0.178. The van der Waals surface area contributed by atoms with Gasteiger partial charge >= 0.3 is 0 Å². The van der Waals surface area contributed by atoms with Gasteiger partial charge in [-0.25, -0.2) is 17.9 Å². The Morgan fingerprint density at radius 3 is 2.44 bits per heavy atom. The van der Waals surface area contributed by atoms with Gasteiger partial charge in [0.25, 0.3) is 5.91 Å². The third-order valence-electron chi connectivity index (χ3n) is 3.41. The quantitative estimate of drug-likeness (QED) is 0.760. The van der Waals surface area contributed by atoms with Gasteiger partial charge in [0.2, 0.25) is 0 Å². The molecule has 6 nitrogen and oxygen atoms in total. The number of benzene rings is 2. The first-order chi connectivity index (χ1) is 11.9. The van der Waals surface area contributed by atoms with Crippen LogP contribution in [0.4, 0.5) is 24.7 Å². The molecule has 0 saturated heterocycles. The van der Waals surface area contributed by atoms with Gasteiger partial charge in [0.05, 0.1) is 12.2 Å². The molecule has 25 heavy (non-hydrogen) atoms. The Labute approximate surface area is 140 Å². The number of hydrogen-bond donors (Lipinski definition) is 2. The van der Waals surface area contributed by atoms with E-state index in [1.54, 1.807) is 12.1 Å². The fourth-order valence-electron chi connectivity index (χ4n) is 2.13. The van der Waals surface area contributed by atoms with Gasteiger partial charge in [-0.3, -0.25) is 4.79 Å². The molecular formula is C16H12F3N5O. The Balaban J connectivity index is 1.77. The number of carbonyl (C=O) groups excluding carboxylic acids is 1. The summed E-state index contributed by atoms with van der Waals surface area (Å²) in [4.78, 5) is 12.2. The third kappa shape index (κ3) is 3.60. The van der Waals surface area contributed by atoms with Crippen molar-refractivity contribution in [3.8, 4) is 0 Å². The number of carbonyl (C=O) groups is 1. The molecule has 3 aromatic rings. The van der Waals surface area contributed by atoms with Crippen molar-refractivity contribution in [2.45, 2.75) is 6.54 Å². The van der Waals surface area contributed by atoms with Crippen molar-refractivity contribution < 1.29 is 18.0 Å². The number of anilines is 2. The average molecular weight is 347 g/mol. The molecule has 0 radical (unpaired) electrons. The van der Waals surface area contributed by atoms with Crippen LogP contribution in [0.25, 0.3) is 0 Å². The molecule has 1 heterocycles. The summed E-state index contributed by atoms with van der Waals surface area (Å²) in [6, 6.07) is 8.40. The zero-order chi connectivity index (χ0) is 18.0. The Morgan fingerprint density at radius 2 is 1.76 bits per heavy atom. The lowest BCUT2D eigenvalue weighted by Gasteiger charge is -2.06. The van der Waals surface area contributed by atoms with E-state index in [2.05, 4.69) is 15.6 Å². The number of aromatic nitrogens is 3. The van der Waals surface area contributed by atoms with Crippen LogP contribution in [-0.4, -0.2) is 20.9 Å². The van der Waals surface area contributed by atoms with Crippen molar-refractivity contribution in [3.05, 3.63) is 71.2 Å². The van der Waals surface area contributed by atoms with Crippen LogP contribution in [0.3, 0.4) is 0 Å². The van der Waals surface area contributed by atoms with Crippen LogP contribution in [0.15, 0.2) is 42.5 Å². The van der Waals surface area contributed by atoms with Gasteiger partial charge in [-0.2, -0.15) is 0 Å². The third-order valence-corrected chi connectivity index (χ3v) is 3.41. The van der Waals surface area contributed by atoms with E-state index < -0.39 is 17.5 Å². The lowest BCUT2D eigenvalue weighted by atomic mass is 10.2. The van der Waals surface area contributed by atoms with Gasteiger partial charge in [-0.1, -0.05) is 17.3 Å². The number of amides is 1. The van der Waals surface area contributed by atoms with Crippen LogP contribution in [0.2, 0.25) is 0 Å². The molecule has 0 unspecified atom stereocenters. The van der Waals surface area contributed by atoms with Crippen LogP contribution < -0.4 is 11.1 Å². The van der Waals surface area contributed by atoms with E-state index in [1.807, 2.05) is 0 Å². The largest absolute Gasteiger partial charge is 0.382 e. The summed E-state index contributed by atoms with van der Waals surface area (Å²) in [6.07, 6.45) is 0. The number of nitrogen functional groups attached to an aromatic ring is 1. The smallest absolute Gasteiger partial charge is 0.280 e. The van der Waals surface area contributed by atoms with Crippen molar-refractivity contribution >= 4 is 17.4 Å². The number of halogens is 3. The van der Waals surface area contributed by atoms with Gasteiger partial charge in [0.15, 0.2) is 11.5 Å². The monoisotopic (exact) mass is 347 g/mol. The summed E-state index contributed by atoms with van der Waals surface area (Å²) >= 11 is 0. The standard InChI is InChI=1S/C16H12F3N5O/c17-10-3-1-9(2-4-10)8-24-15(20)14(22-23-24)16(25)21-13-6-5-11(18)7-12(13)19/h1-7H,8,20H2,(H,21,25). The van der Waals surface area contributed by atoms with E-state index in [0.717, 1.165) is 12.1 Å². The van der Waals surface area contributed by atoms with E-state index in [4.69, 9.17) is 5.73 Å². The van der Waals surface area contributed by atoms with Gasteiger partial charge < -0.3 is 11.1 Å². The summed E-state index contributed by atoms with van der Waals surface area (Å²) in [7, 11) is 0. The second-order valence-corrected chi connectivity index (χ2v) is 5.19. The van der Waals surface area contributed by atoms with Gasteiger partial charge in [0, 0.05) is 6.07 Å². The van der Waals surface area contributed by atoms with Gasteiger partial charge in [-0.15, -0.1) is 5.10 Å². The lowest BCUT2D eigenvalue weighted by molar-refractivity contribution is 0.102. The second kappa shape index (κ2) is 6.63. The Bertz CT molecular complexity index is 924. The van der Waals surface area contributed by atoms with Crippen molar-refractivity contribution in [1.82, 2.24) is 15.0 Å². The van der Waals surface area contributed by atoms with Crippen LogP contribution >= 0.6 is 0 Å². The van der Waals surface area contributed by atoms with Crippen molar-refractivity contribution in [2.75, 3.05) is 11.1 Å². The highest BCUT2D eigenvalue weighted by Crippen LogP contribution is 2.18. The fraction of sp³-hybridized carbons (Fsp3) is 0.0625. The van der Waals surface area contributed by atoms with Crippen LogP contribution in [-0.2, 0) is 6.54 Å². The molecule has 0 spiro atoms. The first-order valence-corrected chi connectivity index (χ1v) is 7.14. The molecule has 0 atom stereocenters. The Morgan fingerprint density at radius 1 is 1.08 bits per heavy atom. The first kappa shape index (κ1) is 16.5. The van der Waals surface area contributed by atoms with E-state index in [1.165, 1.54) is 16.8 Å². The van der Waals surface area contributed by atoms with Crippen LogP contribution in [0.1, 0.15) is 16.1 Å². The number of hydrogen-bond acceptors (Lipinski definition) is 4. The van der Waals surface area contributed by atoms with E-state index >= 15 is 0 Å². The molecule has 0 aliphatic heterocycles. The first-order valence-electron chi connectivity index (χ1n) is 7.14. The van der Waals surface area contributed by atoms with E-state index in [0.29, 0.717) is 11.6 Å². The zero-order valence-electron chi connectivity index (χ0n) is 12.7. The van der Waals surface area contributed by atoms with E-state index in [9.17, 15) is 18.0 Å². The predicted octanol–water partition coefficient (Wildman–Crippen LogP) is 2.58. The topological polar surface area (TPSA) is 85.8 Å². The number of nitrogens with zero attached hydrogens (tertiary/aromatic N) is 3. The molecule has 0 bridgehead atoms. The fourth-order valence-corrected chi connectivity index (χ4v) is 2.13. The lowest BCUT2D eigenvalue weighted by Crippen LogP contribution is -2.16. The molecular weight excluding hydrogens is 335 g/mol. The number of nitrogens with one attached hydrogen (secondary N) is 1. The summed E-state index contributed by atoms with van der Waals surface area (Å²) in [5.41, 5.74) is 6.14. The maximum Gasteiger partial charge on any atom is 0.280 e. The van der Waals surface area contributed by atoms with Crippen molar-refractivity contribution in [3.63, 3.8) is 0 Å². The molecule has 128 valence electrons. The van der Waals surface area contributed by atoms with Crippen molar-refractivity contribution in [2.24, 2.45) is 0 Å². The molecule has 3 rings (SSSR count). The zero-order valence-corrected chi connectivity index (χ0v) is 12.7. The number of nitrogens with two attached hydrogens (primary N) is 1. The maximum absolute atomic E-state index is 13.6. The number of rotatable bonds is 4. The second-order valence-electron chi connectivity index (χ2n) is 5.19. The van der Waals surface area contributed by atoms with Crippen molar-refractivity contribution in [1.29, 1.82) is 0 Å². The summed E-state index contributed by atoms with van der Waals surface area (Å²) in [5.74, 6) is -2.89. The van der Waals surface area contributed by atoms with Gasteiger partial charge in [-0.05, 0) is 29.8 Å². The predicted molar refractivity (Wildman–Crippen MR) is 84.2 cm³/mol. The summed E-state index contributed by atoms with van der Waals surface area (Å²) in [5, 5.41) is 9.70. The molecule has 1 aromatic heterocycles.